The van der Waals surface area contributed by atoms with E-state index >= 15 is 0 Å². The lowest BCUT2D eigenvalue weighted by atomic mass is 10.1. The number of hydrogen-bond donors (Lipinski definition) is 2. The van der Waals surface area contributed by atoms with Crippen LogP contribution in [0.3, 0.4) is 0 Å². The number of anilines is 2. The van der Waals surface area contributed by atoms with Crippen LogP contribution in [0.15, 0.2) is 48.8 Å². The highest BCUT2D eigenvalue weighted by Crippen LogP contribution is 2.21. The Bertz CT molecular complexity index is 554. The van der Waals surface area contributed by atoms with Gasteiger partial charge in [0.25, 0.3) is 0 Å². The Morgan fingerprint density at radius 2 is 2.00 bits per heavy atom. The second kappa shape index (κ2) is 6.00. The molecular weight excluding hydrogens is 238 g/mol. The Balaban J connectivity index is 2.10. The molecule has 0 spiro atoms. The van der Waals surface area contributed by atoms with Crippen molar-refractivity contribution in [1.29, 1.82) is 0 Å². The molecule has 98 valence electrons. The Labute approximate surface area is 112 Å². The van der Waals surface area contributed by atoms with Crippen molar-refractivity contribution in [3.63, 3.8) is 0 Å². The van der Waals surface area contributed by atoms with Gasteiger partial charge in [0.05, 0.1) is 5.69 Å². The summed E-state index contributed by atoms with van der Waals surface area (Å²) >= 11 is 0. The summed E-state index contributed by atoms with van der Waals surface area (Å²) < 4.78 is 0. The molecule has 2 rings (SSSR count). The largest absolute Gasteiger partial charge is 0.377 e. The van der Waals surface area contributed by atoms with Crippen molar-refractivity contribution in [3.05, 3.63) is 54.4 Å². The molecule has 2 N–H and O–H groups in total. The summed E-state index contributed by atoms with van der Waals surface area (Å²) in [5, 5.41) is 6.15. The second-order valence-electron chi connectivity index (χ2n) is 4.41. The lowest BCUT2D eigenvalue weighted by molar-refractivity contribution is -0.114. The van der Waals surface area contributed by atoms with E-state index in [2.05, 4.69) is 22.5 Å². The number of nitrogens with zero attached hydrogens (tertiary/aromatic N) is 1. The van der Waals surface area contributed by atoms with Crippen LogP contribution in [0.4, 0.5) is 11.4 Å². The maximum absolute atomic E-state index is 11.1. The average Bonchev–Trinajstić information content (AvgIpc) is 2.39. The van der Waals surface area contributed by atoms with Crippen LogP contribution >= 0.6 is 0 Å². The molecule has 1 unspecified atom stereocenters. The van der Waals surface area contributed by atoms with Gasteiger partial charge in [0, 0.05) is 31.0 Å². The molecule has 0 radical (unpaired) electrons. The minimum Gasteiger partial charge on any atom is -0.377 e. The van der Waals surface area contributed by atoms with Gasteiger partial charge in [-0.2, -0.15) is 0 Å². The normalized spacial score (nSPS) is 11.7. The predicted octanol–water partition coefficient (Wildman–Crippen LogP) is 3.21. The number of aromatic nitrogens is 1. The van der Waals surface area contributed by atoms with Gasteiger partial charge in [0.15, 0.2) is 0 Å². The molecule has 1 heterocycles. The van der Waals surface area contributed by atoms with Gasteiger partial charge in [0.2, 0.25) is 5.91 Å². The number of hydrogen-bond acceptors (Lipinski definition) is 3. The van der Waals surface area contributed by atoms with E-state index in [-0.39, 0.29) is 11.9 Å². The summed E-state index contributed by atoms with van der Waals surface area (Å²) in [5.41, 5.74) is 2.89. The van der Waals surface area contributed by atoms with Gasteiger partial charge in [0.1, 0.15) is 0 Å². The Morgan fingerprint density at radius 1 is 1.21 bits per heavy atom. The Kier molecular flexibility index (Phi) is 4.13. The molecule has 1 aromatic heterocycles. The van der Waals surface area contributed by atoms with Crippen LogP contribution in [0.1, 0.15) is 25.5 Å². The van der Waals surface area contributed by atoms with Gasteiger partial charge in [-0.1, -0.05) is 12.1 Å². The highest BCUT2D eigenvalue weighted by Gasteiger charge is 2.06. The van der Waals surface area contributed by atoms with E-state index in [4.69, 9.17) is 0 Å². The van der Waals surface area contributed by atoms with E-state index in [1.165, 1.54) is 6.92 Å². The predicted molar refractivity (Wildman–Crippen MR) is 77.0 cm³/mol. The molecular formula is C15H17N3O. The molecule has 0 saturated heterocycles. The Hall–Kier alpha value is -2.36. The Morgan fingerprint density at radius 3 is 2.68 bits per heavy atom. The first-order valence-electron chi connectivity index (χ1n) is 6.19. The summed E-state index contributed by atoms with van der Waals surface area (Å²) in [7, 11) is 0. The lowest BCUT2D eigenvalue weighted by Crippen LogP contribution is -2.09. The van der Waals surface area contributed by atoms with Crippen LogP contribution in [0.2, 0.25) is 0 Å². The van der Waals surface area contributed by atoms with E-state index in [1.54, 1.807) is 12.4 Å². The van der Waals surface area contributed by atoms with Gasteiger partial charge in [-0.15, -0.1) is 0 Å². The van der Waals surface area contributed by atoms with Crippen LogP contribution in [0, 0.1) is 0 Å². The second-order valence-corrected chi connectivity index (χ2v) is 4.41. The summed E-state index contributed by atoms with van der Waals surface area (Å²) in [5.74, 6) is -0.0648. The zero-order valence-corrected chi connectivity index (χ0v) is 11.1. The molecule has 4 nitrogen and oxygen atoms in total. The van der Waals surface area contributed by atoms with Crippen molar-refractivity contribution in [2.45, 2.75) is 19.9 Å². The van der Waals surface area contributed by atoms with Crippen molar-refractivity contribution in [1.82, 2.24) is 4.98 Å². The number of amides is 1. The standard InChI is InChI=1S/C15H17N3O/c1-11(17-15-7-4-8-16-10-15)13-5-3-6-14(9-13)18-12(2)19/h3-11,17H,1-2H3,(H,18,19). The highest BCUT2D eigenvalue weighted by molar-refractivity contribution is 5.88. The molecule has 0 fully saturated rings. The third kappa shape index (κ3) is 3.81. The van der Waals surface area contributed by atoms with Gasteiger partial charge in [-0.05, 0) is 36.8 Å². The van der Waals surface area contributed by atoms with Crippen LogP contribution in [0.25, 0.3) is 0 Å². The quantitative estimate of drug-likeness (QED) is 0.882. The van der Waals surface area contributed by atoms with Gasteiger partial charge >= 0.3 is 0 Å². The molecule has 1 aromatic carbocycles. The molecule has 0 aliphatic rings. The SMILES string of the molecule is CC(=O)Nc1cccc(C(C)Nc2cccnc2)c1. The smallest absolute Gasteiger partial charge is 0.221 e. The lowest BCUT2D eigenvalue weighted by Gasteiger charge is -2.16. The topological polar surface area (TPSA) is 54.0 Å². The molecule has 4 heteroatoms. The first kappa shape index (κ1) is 13.1. The fourth-order valence-electron chi connectivity index (χ4n) is 1.87. The van der Waals surface area contributed by atoms with E-state index < -0.39 is 0 Å². The fourth-order valence-corrected chi connectivity index (χ4v) is 1.87. The molecule has 1 amide bonds. The summed E-state index contributed by atoms with van der Waals surface area (Å²) in [6.45, 7) is 3.57. The molecule has 0 saturated carbocycles. The van der Waals surface area contributed by atoms with Crippen molar-refractivity contribution in [2.24, 2.45) is 0 Å². The van der Waals surface area contributed by atoms with Crippen molar-refractivity contribution >= 4 is 17.3 Å². The summed E-state index contributed by atoms with van der Waals surface area (Å²) in [6, 6.07) is 11.8. The minimum atomic E-state index is -0.0648. The number of carbonyl (C=O) groups is 1. The zero-order valence-electron chi connectivity index (χ0n) is 11.1. The number of benzene rings is 1. The third-order valence-electron chi connectivity index (χ3n) is 2.75. The number of nitrogens with one attached hydrogen (secondary N) is 2. The summed E-state index contributed by atoms with van der Waals surface area (Å²) in [4.78, 5) is 15.1. The molecule has 2 aromatic rings. The molecule has 0 bridgehead atoms. The van der Waals surface area contributed by atoms with Gasteiger partial charge in [-0.25, -0.2) is 0 Å². The van der Waals surface area contributed by atoms with E-state index in [0.717, 1.165) is 16.9 Å². The van der Waals surface area contributed by atoms with Crippen LogP contribution in [-0.2, 0) is 4.79 Å². The van der Waals surface area contributed by atoms with Gasteiger partial charge < -0.3 is 10.6 Å². The first-order chi connectivity index (χ1) is 9.15. The number of pyridine rings is 1. The summed E-state index contributed by atoms with van der Waals surface area (Å²) in [6.07, 6.45) is 3.53. The molecule has 19 heavy (non-hydrogen) atoms. The van der Waals surface area contributed by atoms with Crippen molar-refractivity contribution < 1.29 is 4.79 Å². The van der Waals surface area contributed by atoms with E-state index in [0.29, 0.717) is 0 Å². The van der Waals surface area contributed by atoms with Crippen LogP contribution < -0.4 is 10.6 Å². The van der Waals surface area contributed by atoms with E-state index in [9.17, 15) is 4.79 Å². The van der Waals surface area contributed by atoms with E-state index in [1.807, 2.05) is 36.4 Å². The molecule has 1 atom stereocenters. The van der Waals surface area contributed by atoms with Gasteiger partial charge in [-0.3, -0.25) is 9.78 Å². The van der Waals surface area contributed by atoms with Crippen LogP contribution in [-0.4, -0.2) is 10.9 Å². The van der Waals surface area contributed by atoms with Crippen molar-refractivity contribution in [2.75, 3.05) is 10.6 Å². The third-order valence-corrected chi connectivity index (χ3v) is 2.75. The molecule has 0 aliphatic heterocycles. The van der Waals surface area contributed by atoms with Crippen molar-refractivity contribution in [3.8, 4) is 0 Å². The number of rotatable bonds is 4. The first-order valence-corrected chi connectivity index (χ1v) is 6.19. The average molecular weight is 255 g/mol. The maximum atomic E-state index is 11.1. The maximum Gasteiger partial charge on any atom is 0.221 e. The van der Waals surface area contributed by atoms with Crippen LogP contribution in [0.5, 0.6) is 0 Å². The minimum absolute atomic E-state index is 0.0648. The molecule has 0 aliphatic carbocycles. The fraction of sp³-hybridized carbons (Fsp3) is 0.200. The zero-order chi connectivity index (χ0) is 13.7. The highest BCUT2D eigenvalue weighted by atomic mass is 16.1. The monoisotopic (exact) mass is 255 g/mol. The number of carbonyl (C=O) groups excluding carboxylic acids is 1.